The van der Waals surface area contributed by atoms with Crippen LogP contribution in [0.2, 0.25) is 0 Å². The van der Waals surface area contributed by atoms with Gasteiger partial charge in [0.15, 0.2) is 0 Å². The van der Waals surface area contributed by atoms with E-state index in [1.165, 1.54) is 11.3 Å². The average molecular weight is 296 g/mol. The summed E-state index contributed by atoms with van der Waals surface area (Å²) < 4.78 is 27.5. The second kappa shape index (κ2) is 5.73. The predicted molar refractivity (Wildman–Crippen MR) is 79.1 cm³/mol. The summed E-state index contributed by atoms with van der Waals surface area (Å²) >= 11 is 1.27. The third-order valence-corrected chi connectivity index (χ3v) is 5.47. The van der Waals surface area contributed by atoms with Crippen molar-refractivity contribution in [1.82, 2.24) is 5.32 Å². The normalized spacial score (nSPS) is 11.5. The minimum Gasteiger partial charge on any atom is -0.316 e. The first-order valence-electron chi connectivity index (χ1n) is 5.84. The van der Waals surface area contributed by atoms with Crippen LogP contribution in [0, 0.1) is 6.92 Å². The fourth-order valence-corrected chi connectivity index (χ4v) is 4.10. The zero-order valence-electron chi connectivity index (χ0n) is 10.8. The second-order valence-corrected chi connectivity index (χ2v) is 7.36. The molecule has 0 aliphatic heterocycles. The molecular formula is C13H16N2O2S2. The van der Waals surface area contributed by atoms with Gasteiger partial charge in [0.1, 0.15) is 4.21 Å². The van der Waals surface area contributed by atoms with Gasteiger partial charge in [0.05, 0.1) is 5.69 Å². The van der Waals surface area contributed by atoms with Crippen molar-refractivity contribution in [3.8, 4) is 0 Å². The lowest BCUT2D eigenvalue weighted by Gasteiger charge is -2.11. The summed E-state index contributed by atoms with van der Waals surface area (Å²) in [6, 6.07) is 10.8. The van der Waals surface area contributed by atoms with Gasteiger partial charge in [0.25, 0.3) is 10.0 Å². The highest BCUT2D eigenvalue weighted by Gasteiger charge is 2.17. The quantitative estimate of drug-likeness (QED) is 0.891. The van der Waals surface area contributed by atoms with Gasteiger partial charge in [-0.2, -0.15) is 0 Å². The van der Waals surface area contributed by atoms with Gasteiger partial charge >= 0.3 is 0 Å². The molecule has 4 nitrogen and oxygen atoms in total. The molecule has 0 amide bonds. The molecule has 0 radical (unpaired) electrons. The van der Waals surface area contributed by atoms with Gasteiger partial charge in [0.2, 0.25) is 0 Å². The fraction of sp³-hybridized carbons (Fsp3) is 0.231. The van der Waals surface area contributed by atoms with Crippen molar-refractivity contribution in [3.63, 3.8) is 0 Å². The van der Waals surface area contributed by atoms with E-state index >= 15 is 0 Å². The van der Waals surface area contributed by atoms with Crippen LogP contribution in [0.4, 0.5) is 5.69 Å². The molecule has 0 aliphatic carbocycles. The lowest BCUT2D eigenvalue weighted by molar-refractivity contribution is 0.603. The van der Waals surface area contributed by atoms with Crippen LogP contribution >= 0.6 is 11.3 Å². The lowest BCUT2D eigenvalue weighted by atomic mass is 10.2. The van der Waals surface area contributed by atoms with Gasteiger partial charge in [0, 0.05) is 11.4 Å². The van der Waals surface area contributed by atoms with E-state index in [1.54, 1.807) is 18.2 Å². The summed E-state index contributed by atoms with van der Waals surface area (Å²) in [6.07, 6.45) is 0. The smallest absolute Gasteiger partial charge is 0.271 e. The van der Waals surface area contributed by atoms with Crippen LogP contribution in [0.3, 0.4) is 0 Å². The van der Waals surface area contributed by atoms with Gasteiger partial charge in [-0.05, 0) is 37.7 Å². The van der Waals surface area contributed by atoms with E-state index < -0.39 is 10.0 Å². The molecule has 1 aromatic heterocycles. The van der Waals surface area contributed by atoms with Gasteiger partial charge in [-0.1, -0.05) is 18.2 Å². The number of hydrogen-bond acceptors (Lipinski definition) is 4. The second-order valence-electron chi connectivity index (χ2n) is 4.16. The molecule has 19 heavy (non-hydrogen) atoms. The molecule has 0 saturated carbocycles. The maximum Gasteiger partial charge on any atom is 0.271 e. The number of sulfonamides is 1. The Morgan fingerprint density at radius 3 is 2.53 bits per heavy atom. The van der Waals surface area contributed by atoms with Gasteiger partial charge in [-0.15, -0.1) is 11.3 Å². The zero-order valence-corrected chi connectivity index (χ0v) is 12.4. The Bertz CT molecular complexity index is 663. The molecule has 0 bridgehead atoms. The summed E-state index contributed by atoms with van der Waals surface area (Å²) in [4.78, 5) is 0.976. The monoisotopic (exact) mass is 296 g/mol. The van der Waals surface area contributed by atoms with Gasteiger partial charge in [-0.25, -0.2) is 8.42 Å². The van der Waals surface area contributed by atoms with E-state index in [0.29, 0.717) is 16.4 Å². The summed E-state index contributed by atoms with van der Waals surface area (Å²) in [5, 5.41) is 3.02. The van der Waals surface area contributed by atoms with Gasteiger partial charge in [-0.3, -0.25) is 4.72 Å². The SMILES string of the molecule is CNCc1ccccc1NS(=O)(=O)c1ccc(C)s1. The highest BCUT2D eigenvalue weighted by atomic mass is 32.2. The van der Waals surface area contributed by atoms with E-state index in [2.05, 4.69) is 10.0 Å². The standard InChI is InChI=1S/C13H16N2O2S2/c1-10-7-8-13(18-10)19(16,17)15-12-6-4-3-5-11(12)9-14-2/h3-8,14-15H,9H2,1-2H3. The highest BCUT2D eigenvalue weighted by Crippen LogP contribution is 2.24. The number of nitrogens with one attached hydrogen (secondary N) is 2. The number of benzene rings is 1. The van der Waals surface area contributed by atoms with Crippen LogP contribution in [0.1, 0.15) is 10.4 Å². The number of rotatable bonds is 5. The fourth-order valence-electron chi connectivity index (χ4n) is 1.72. The first-order chi connectivity index (χ1) is 9.03. The van der Waals surface area contributed by atoms with Gasteiger partial charge < -0.3 is 5.32 Å². The molecule has 102 valence electrons. The summed E-state index contributed by atoms with van der Waals surface area (Å²) in [7, 11) is -1.67. The minimum absolute atomic E-state index is 0.337. The first kappa shape index (κ1) is 14.0. The minimum atomic E-state index is -3.49. The molecule has 1 heterocycles. The first-order valence-corrected chi connectivity index (χ1v) is 8.14. The molecule has 6 heteroatoms. The molecule has 1 aromatic carbocycles. The Morgan fingerprint density at radius 2 is 1.89 bits per heavy atom. The molecular weight excluding hydrogens is 280 g/mol. The molecule has 2 rings (SSSR count). The van der Waals surface area contributed by atoms with Crippen LogP contribution in [-0.2, 0) is 16.6 Å². The van der Waals surface area contributed by atoms with E-state index in [4.69, 9.17) is 0 Å². The maximum absolute atomic E-state index is 12.3. The van der Waals surface area contributed by atoms with Crippen LogP contribution in [-0.4, -0.2) is 15.5 Å². The van der Waals surface area contributed by atoms with Crippen LogP contribution in [0.15, 0.2) is 40.6 Å². The number of thiophene rings is 1. The highest BCUT2D eigenvalue weighted by molar-refractivity contribution is 7.94. The van der Waals surface area contributed by atoms with Crippen LogP contribution < -0.4 is 10.0 Å². The van der Waals surface area contributed by atoms with Crippen molar-refractivity contribution in [1.29, 1.82) is 0 Å². The number of para-hydroxylation sites is 1. The van der Waals surface area contributed by atoms with Crippen molar-refractivity contribution in [2.45, 2.75) is 17.7 Å². The predicted octanol–water partition coefficient (Wildman–Crippen LogP) is 2.58. The number of hydrogen-bond donors (Lipinski definition) is 2. The Labute approximate surface area is 117 Å². The maximum atomic E-state index is 12.3. The molecule has 2 N–H and O–H groups in total. The molecule has 0 atom stereocenters. The van der Waals surface area contributed by atoms with Crippen molar-refractivity contribution < 1.29 is 8.42 Å². The van der Waals surface area contributed by atoms with E-state index in [1.807, 2.05) is 32.2 Å². The molecule has 0 fully saturated rings. The van der Waals surface area contributed by atoms with Crippen molar-refractivity contribution in [2.75, 3.05) is 11.8 Å². The van der Waals surface area contributed by atoms with E-state index in [9.17, 15) is 8.42 Å². The third kappa shape index (κ3) is 3.34. The Balaban J connectivity index is 2.30. The molecule has 0 saturated heterocycles. The topological polar surface area (TPSA) is 58.2 Å². The number of aryl methyl sites for hydroxylation is 1. The average Bonchev–Trinajstić information content (AvgIpc) is 2.79. The molecule has 0 spiro atoms. The largest absolute Gasteiger partial charge is 0.316 e. The van der Waals surface area contributed by atoms with E-state index in [-0.39, 0.29) is 0 Å². The zero-order chi connectivity index (χ0) is 13.9. The Hall–Kier alpha value is -1.37. The van der Waals surface area contributed by atoms with Crippen molar-refractivity contribution >= 4 is 27.0 Å². The summed E-state index contributed by atoms with van der Waals surface area (Å²) in [6.45, 7) is 2.50. The number of anilines is 1. The Morgan fingerprint density at radius 1 is 1.16 bits per heavy atom. The summed E-state index contributed by atoms with van der Waals surface area (Å²) in [5.74, 6) is 0. The molecule has 2 aromatic rings. The Kier molecular flexibility index (Phi) is 4.24. The van der Waals surface area contributed by atoms with Crippen molar-refractivity contribution in [2.24, 2.45) is 0 Å². The molecule has 0 aliphatic rings. The van der Waals surface area contributed by atoms with Crippen molar-refractivity contribution in [3.05, 3.63) is 46.8 Å². The summed E-state index contributed by atoms with van der Waals surface area (Å²) in [5.41, 5.74) is 1.53. The van der Waals surface area contributed by atoms with Crippen LogP contribution in [0.5, 0.6) is 0 Å². The third-order valence-electron chi connectivity index (χ3n) is 2.61. The van der Waals surface area contributed by atoms with E-state index in [0.717, 1.165) is 10.4 Å². The lowest BCUT2D eigenvalue weighted by Crippen LogP contribution is -2.15. The molecule has 0 unspecified atom stereocenters. The van der Waals surface area contributed by atoms with Crippen LogP contribution in [0.25, 0.3) is 0 Å².